The van der Waals surface area contributed by atoms with Gasteiger partial charge in [-0.2, -0.15) is 15.5 Å². The third-order valence-corrected chi connectivity index (χ3v) is 10.1. The van der Waals surface area contributed by atoms with E-state index >= 15 is 4.39 Å². The Morgan fingerprint density at radius 1 is 0.893 bits per heavy atom. The van der Waals surface area contributed by atoms with Crippen LogP contribution in [0.2, 0.25) is 0 Å². The Balaban J connectivity index is 0.868. The van der Waals surface area contributed by atoms with Gasteiger partial charge in [0.25, 0.3) is 17.0 Å². The largest absolute Gasteiger partial charge is 0.490 e. The molecule has 2 aliphatic rings. The van der Waals surface area contributed by atoms with Gasteiger partial charge in [0.1, 0.15) is 11.9 Å². The zero-order valence-electron chi connectivity index (χ0n) is 30.0. The number of amides is 2. The van der Waals surface area contributed by atoms with Crippen molar-refractivity contribution < 1.29 is 18.7 Å². The molecule has 6 aromatic rings. The second-order valence-electron chi connectivity index (χ2n) is 13.8. The van der Waals surface area contributed by atoms with E-state index in [2.05, 4.69) is 31.6 Å². The summed E-state index contributed by atoms with van der Waals surface area (Å²) in [6.07, 6.45) is 6.46. The highest BCUT2D eigenvalue weighted by atomic mass is 19.1. The average molecular weight is 752 g/mol. The number of hydrogen-bond donors (Lipinski definition) is 1. The van der Waals surface area contributed by atoms with E-state index in [9.17, 15) is 24.4 Å². The summed E-state index contributed by atoms with van der Waals surface area (Å²) < 4.78 is 23.9. The van der Waals surface area contributed by atoms with E-state index in [0.29, 0.717) is 53.6 Å². The summed E-state index contributed by atoms with van der Waals surface area (Å²) in [4.78, 5) is 60.7. The monoisotopic (exact) mass is 751 g/mol. The van der Waals surface area contributed by atoms with Crippen LogP contribution in [0, 0.1) is 23.1 Å². The summed E-state index contributed by atoms with van der Waals surface area (Å²) in [5.41, 5.74) is 2.99. The molecule has 0 saturated carbocycles. The van der Waals surface area contributed by atoms with Crippen molar-refractivity contribution >= 4 is 28.3 Å². The molecule has 2 amide bonds. The molecule has 0 radical (unpaired) electrons. The number of nitriles is 1. The van der Waals surface area contributed by atoms with E-state index < -0.39 is 29.2 Å². The number of ether oxygens (including phenoxy) is 1. The highest BCUT2D eigenvalue weighted by Gasteiger charge is 2.30. The molecule has 8 rings (SSSR count). The maximum absolute atomic E-state index is 15.4. The maximum Gasteiger partial charge on any atom is 0.275 e. The van der Waals surface area contributed by atoms with Crippen LogP contribution in [-0.4, -0.2) is 61.0 Å². The van der Waals surface area contributed by atoms with E-state index in [4.69, 9.17) is 4.74 Å². The number of piperidine rings is 2. The Hall–Kier alpha value is -7.08. The summed E-state index contributed by atoms with van der Waals surface area (Å²) in [6.45, 7) is 1.85. The van der Waals surface area contributed by atoms with E-state index in [1.54, 1.807) is 42.7 Å². The third kappa shape index (κ3) is 7.49. The number of imide groups is 1. The molecular formula is C41H34FN9O5. The number of carbonyl (C=O) groups is 2. The summed E-state index contributed by atoms with van der Waals surface area (Å²) in [5.74, 6) is -0.287. The number of aromatic nitrogens is 6. The molecule has 2 fully saturated rings. The first kappa shape index (κ1) is 35.9. The van der Waals surface area contributed by atoms with E-state index in [1.807, 2.05) is 35.2 Å². The molecule has 15 heteroatoms. The van der Waals surface area contributed by atoms with E-state index in [-0.39, 0.29) is 36.2 Å². The quantitative estimate of drug-likeness (QED) is 0.207. The Labute approximate surface area is 318 Å². The van der Waals surface area contributed by atoms with Gasteiger partial charge in [-0.15, -0.1) is 0 Å². The van der Waals surface area contributed by atoms with Gasteiger partial charge < -0.3 is 9.64 Å². The van der Waals surface area contributed by atoms with Crippen LogP contribution in [0.1, 0.15) is 42.9 Å². The van der Waals surface area contributed by atoms with Crippen LogP contribution in [0.15, 0.2) is 101 Å². The zero-order chi connectivity index (χ0) is 38.8. The fraction of sp³-hybridized carbons (Fsp3) is 0.244. The van der Waals surface area contributed by atoms with E-state index in [1.165, 1.54) is 23.0 Å². The number of benzene rings is 3. The van der Waals surface area contributed by atoms with Crippen molar-refractivity contribution in [3.8, 4) is 34.5 Å². The van der Waals surface area contributed by atoms with Crippen LogP contribution in [0.4, 0.5) is 10.1 Å². The van der Waals surface area contributed by atoms with Crippen molar-refractivity contribution in [2.45, 2.75) is 38.3 Å². The normalized spacial score (nSPS) is 16.1. The van der Waals surface area contributed by atoms with Crippen molar-refractivity contribution in [1.82, 2.24) is 34.8 Å². The van der Waals surface area contributed by atoms with Gasteiger partial charge in [0.15, 0.2) is 11.6 Å². The first-order valence-corrected chi connectivity index (χ1v) is 18.1. The predicted molar refractivity (Wildman–Crippen MR) is 203 cm³/mol. The van der Waals surface area contributed by atoms with Gasteiger partial charge in [-0.3, -0.25) is 24.5 Å². The smallest absolute Gasteiger partial charge is 0.275 e. The number of fused-ring (bicyclic) bond motifs is 1. The van der Waals surface area contributed by atoms with Gasteiger partial charge in [-0.05, 0) is 67.1 Å². The minimum Gasteiger partial charge on any atom is -0.490 e. The molecule has 280 valence electrons. The summed E-state index contributed by atoms with van der Waals surface area (Å²) in [6, 6.07) is 21.8. The molecule has 2 aliphatic heterocycles. The molecule has 2 saturated heterocycles. The van der Waals surface area contributed by atoms with Crippen LogP contribution < -0.4 is 26.1 Å². The van der Waals surface area contributed by atoms with Crippen LogP contribution in [0.5, 0.6) is 5.75 Å². The number of anilines is 1. The summed E-state index contributed by atoms with van der Waals surface area (Å²) in [7, 11) is 0. The predicted octanol–water partition coefficient (Wildman–Crippen LogP) is 4.41. The number of carbonyl (C=O) groups excluding carboxylic acids is 2. The van der Waals surface area contributed by atoms with Gasteiger partial charge in [-0.25, -0.2) is 23.7 Å². The van der Waals surface area contributed by atoms with Crippen LogP contribution in [0.3, 0.4) is 0 Å². The van der Waals surface area contributed by atoms with Crippen molar-refractivity contribution in [2.75, 3.05) is 24.6 Å². The van der Waals surface area contributed by atoms with Crippen LogP contribution in [0.25, 0.3) is 33.4 Å². The lowest BCUT2D eigenvalue weighted by molar-refractivity contribution is -0.136. The van der Waals surface area contributed by atoms with Gasteiger partial charge in [0.05, 0.1) is 60.1 Å². The molecule has 1 unspecified atom stereocenters. The van der Waals surface area contributed by atoms with Crippen molar-refractivity contribution in [2.24, 2.45) is 5.92 Å². The summed E-state index contributed by atoms with van der Waals surface area (Å²) >= 11 is 0. The van der Waals surface area contributed by atoms with Crippen LogP contribution in [-0.2, 0) is 16.1 Å². The Kier molecular flexibility index (Phi) is 9.84. The molecule has 3 aromatic heterocycles. The standard InChI is InChI=1S/C41H34FN9O5/c42-33-18-32-30(20-46-51(41(32)55)35-8-9-37(52)47-40(35)54)17-36(33)49-13-11-25(12-14-49)24-56-31-21-44-39(45-22-31)29-6-2-4-27(16-29)23-50-38(53)10-7-34(48-50)28-5-1-3-26(15-28)19-43/h1-7,10,15-18,20-22,25,35H,8-9,11-14,23-24H2,(H,47,52,54). The number of halogens is 1. The maximum atomic E-state index is 15.4. The van der Waals surface area contributed by atoms with Gasteiger partial charge in [0.2, 0.25) is 5.91 Å². The highest BCUT2D eigenvalue weighted by molar-refractivity contribution is 5.99. The molecule has 0 spiro atoms. The zero-order valence-corrected chi connectivity index (χ0v) is 30.0. The van der Waals surface area contributed by atoms with Crippen molar-refractivity contribution in [1.29, 1.82) is 5.26 Å². The first-order valence-electron chi connectivity index (χ1n) is 18.1. The molecule has 0 bridgehead atoms. The highest BCUT2D eigenvalue weighted by Crippen LogP contribution is 2.30. The lowest BCUT2D eigenvalue weighted by atomic mass is 9.97. The lowest BCUT2D eigenvalue weighted by Gasteiger charge is -2.33. The van der Waals surface area contributed by atoms with Crippen molar-refractivity contribution in [3.63, 3.8) is 0 Å². The molecule has 1 N–H and O–H groups in total. The fourth-order valence-corrected chi connectivity index (χ4v) is 7.09. The summed E-state index contributed by atoms with van der Waals surface area (Å²) in [5, 5.41) is 20.8. The molecule has 3 aromatic carbocycles. The molecule has 1 atom stereocenters. The number of nitrogens with one attached hydrogen (secondary N) is 1. The van der Waals surface area contributed by atoms with Gasteiger partial charge in [-0.1, -0.05) is 30.3 Å². The average Bonchev–Trinajstić information content (AvgIpc) is 3.22. The first-order chi connectivity index (χ1) is 27.2. The Morgan fingerprint density at radius 3 is 2.46 bits per heavy atom. The molecular weight excluding hydrogens is 718 g/mol. The molecule has 5 heterocycles. The number of rotatable bonds is 9. The van der Waals surface area contributed by atoms with Crippen molar-refractivity contribution in [3.05, 3.63) is 129 Å². The number of hydrogen-bond acceptors (Lipinski definition) is 11. The molecule has 0 aliphatic carbocycles. The van der Waals surface area contributed by atoms with Gasteiger partial charge in [0, 0.05) is 42.1 Å². The van der Waals surface area contributed by atoms with E-state index in [0.717, 1.165) is 34.2 Å². The second-order valence-corrected chi connectivity index (χ2v) is 13.8. The molecule has 14 nitrogen and oxygen atoms in total. The third-order valence-electron chi connectivity index (χ3n) is 10.1. The lowest BCUT2D eigenvalue weighted by Crippen LogP contribution is -2.45. The minimum atomic E-state index is -0.925. The number of nitrogens with zero attached hydrogens (tertiary/aromatic N) is 8. The fourth-order valence-electron chi connectivity index (χ4n) is 7.09. The van der Waals surface area contributed by atoms with Crippen LogP contribution >= 0.6 is 0 Å². The molecule has 56 heavy (non-hydrogen) atoms. The topological polar surface area (TPSA) is 178 Å². The Morgan fingerprint density at radius 2 is 1.68 bits per heavy atom. The SMILES string of the molecule is N#Cc1cccc(-c2ccc(=O)n(Cc3cccc(-c4ncc(OCC5CCN(c6cc7cnn(C8CCC(=O)NC8=O)c(=O)c7cc6F)CC5)cn4)c3)n2)c1. The Bertz CT molecular complexity index is 2650. The second kappa shape index (κ2) is 15.3. The minimum absolute atomic E-state index is 0.0949. The van der Waals surface area contributed by atoms with Gasteiger partial charge >= 0.3 is 0 Å².